The molecule has 2 aromatic heterocycles. The van der Waals surface area contributed by atoms with Crippen LogP contribution in [0.5, 0.6) is 11.5 Å². The summed E-state index contributed by atoms with van der Waals surface area (Å²) in [4.78, 5) is 39.3. The number of allylic oxidation sites excluding steroid dienone is 1. The molecule has 0 saturated heterocycles. The summed E-state index contributed by atoms with van der Waals surface area (Å²) < 4.78 is 19.4. The molecule has 0 bridgehead atoms. The Morgan fingerprint density at radius 1 is 0.919 bits per heavy atom. The highest BCUT2D eigenvalue weighted by Gasteiger charge is 2.39. The lowest BCUT2D eigenvalue weighted by atomic mass is 9.85. The minimum Gasteiger partial charge on any atom is -0.464 e. The van der Waals surface area contributed by atoms with Gasteiger partial charge in [0, 0.05) is 46.8 Å². The number of nitrogens with zero attached hydrogens (tertiary/aromatic N) is 1. The molecule has 7 heteroatoms. The zero-order valence-electron chi connectivity index (χ0n) is 19.7. The highest BCUT2D eigenvalue weighted by molar-refractivity contribution is 6.15. The molecule has 7 rings (SSSR count). The van der Waals surface area contributed by atoms with Crippen LogP contribution >= 0.6 is 0 Å². The quantitative estimate of drug-likeness (QED) is 0.189. The van der Waals surface area contributed by atoms with Crippen molar-refractivity contribution in [2.75, 3.05) is 0 Å². The molecular weight excluding hydrogens is 470 g/mol. The van der Waals surface area contributed by atoms with Gasteiger partial charge in [0.15, 0.2) is 11.2 Å². The Morgan fingerprint density at radius 2 is 1.70 bits per heavy atom. The third-order valence-corrected chi connectivity index (χ3v) is 7.08. The number of rotatable bonds is 2. The summed E-state index contributed by atoms with van der Waals surface area (Å²) in [5.41, 5.74) is 3.27. The first kappa shape index (κ1) is 21.4. The van der Waals surface area contributed by atoms with Crippen molar-refractivity contribution in [1.29, 1.82) is 0 Å². The molecular formula is C30H19NO6. The Morgan fingerprint density at radius 3 is 2.57 bits per heavy atom. The molecule has 0 amide bonds. The van der Waals surface area contributed by atoms with E-state index in [4.69, 9.17) is 13.9 Å². The lowest BCUT2D eigenvalue weighted by molar-refractivity contribution is -0.135. The van der Waals surface area contributed by atoms with Crippen molar-refractivity contribution in [1.82, 2.24) is 4.57 Å². The third-order valence-electron chi connectivity index (χ3n) is 7.08. The van der Waals surface area contributed by atoms with Crippen LogP contribution in [0.3, 0.4) is 0 Å². The maximum atomic E-state index is 13.4. The van der Waals surface area contributed by atoms with E-state index < -0.39 is 11.9 Å². The average Bonchev–Trinajstić information content (AvgIpc) is 3.40. The number of hydrogen-bond acceptors (Lipinski definition) is 6. The summed E-state index contributed by atoms with van der Waals surface area (Å²) in [6.45, 7) is 0. The maximum absolute atomic E-state index is 13.4. The smallest absolute Gasteiger partial charge is 0.312 e. The molecule has 3 aromatic carbocycles. The van der Waals surface area contributed by atoms with E-state index in [0.717, 1.165) is 16.5 Å². The summed E-state index contributed by atoms with van der Waals surface area (Å²) in [5, 5.41) is 1.41. The lowest BCUT2D eigenvalue weighted by Gasteiger charge is -2.25. The molecule has 1 atom stereocenters. The Labute approximate surface area is 210 Å². The van der Waals surface area contributed by atoms with Gasteiger partial charge in [0.2, 0.25) is 5.78 Å². The number of carbonyl (C=O) groups excluding carboxylic acids is 2. The molecule has 0 radical (unpaired) electrons. The summed E-state index contributed by atoms with van der Waals surface area (Å²) >= 11 is 0. The second-order valence-electron chi connectivity index (χ2n) is 9.25. The van der Waals surface area contributed by atoms with Crippen molar-refractivity contribution in [3.05, 3.63) is 111 Å². The molecule has 37 heavy (non-hydrogen) atoms. The van der Waals surface area contributed by atoms with E-state index in [1.165, 1.54) is 6.26 Å². The van der Waals surface area contributed by atoms with E-state index in [2.05, 4.69) is 0 Å². The van der Waals surface area contributed by atoms with Crippen LogP contribution in [-0.4, -0.2) is 16.3 Å². The van der Waals surface area contributed by atoms with Gasteiger partial charge in [-0.2, -0.15) is 0 Å². The van der Waals surface area contributed by atoms with Crippen molar-refractivity contribution in [2.24, 2.45) is 7.05 Å². The maximum Gasteiger partial charge on any atom is 0.312 e. The largest absolute Gasteiger partial charge is 0.464 e. The van der Waals surface area contributed by atoms with Gasteiger partial charge in [0.1, 0.15) is 17.1 Å². The van der Waals surface area contributed by atoms with Crippen LogP contribution in [0.2, 0.25) is 0 Å². The van der Waals surface area contributed by atoms with Gasteiger partial charge in [-0.25, -0.2) is 0 Å². The number of aryl methyl sites for hydroxylation is 1. The van der Waals surface area contributed by atoms with Crippen LogP contribution in [-0.2, 0) is 11.8 Å². The number of ketones is 1. The third kappa shape index (κ3) is 3.17. The summed E-state index contributed by atoms with van der Waals surface area (Å²) in [5.74, 6) is -0.684. The van der Waals surface area contributed by atoms with E-state index in [1.54, 1.807) is 42.5 Å². The van der Waals surface area contributed by atoms with E-state index in [-0.39, 0.29) is 29.1 Å². The van der Waals surface area contributed by atoms with Crippen molar-refractivity contribution >= 4 is 39.7 Å². The van der Waals surface area contributed by atoms with Crippen LogP contribution in [0.4, 0.5) is 0 Å². The van der Waals surface area contributed by atoms with Crippen molar-refractivity contribution < 1.29 is 23.5 Å². The van der Waals surface area contributed by atoms with Crippen LogP contribution in [0.25, 0.3) is 27.9 Å². The second-order valence-corrected chi connectivity index (χ2v) is 9.25. The van der Waals surface area contributed by atoms with Gasteiger partial charge in [-0.3, -0.25) is 14.4 Å². The van der Waals surface area contributed by atoms with Crippen LogP contribution in [0, 0.1) is 0 Å². The Hall–Kier alpha value is -4.91. The van der Waals surface area contributed by atoms with Crippen LogP contribution < -0.4 is 14.9 Å². The molecule has 0 fully saturated rings. The molecule has 0 saturated carbocycles. The first-order valence-corrected chi connectivity index (χ1v) is 11.9. The molecule has 0 unspecified atom stereocenters. The molecule has 180 valence electrons. The first-order chi connectivity index (χ1) is 18.0. The summed E-state index contributed by atoms with van der Waals surface area (Å²) in [7, 11) is 1.95. The van der Waals surface area contributed by atoms with Gasteiger partial charge in [0.25, 0.3) is 0 Å². The Kier molecular flexibility index (Phi) is 4.50. The van der Waals surface area contributed by atoms with Crippen molar-refractivity contribution in [2.45, 2.75) is 12.3 Å². The van der Waals surface area contributed by atoms with Gasteiger partial charge in [0.05, 0.1) is 23.6 Å². The number of hydrogen-bond donors (Lipinski definition) is 0. The molecule has 4 heterocycles. The fourth-order valence-corrected chi connectivity index (χ4v) is 5.33. The van der Waals surface area contributed by atoms with Gasteiger partial charge in [-0.1, -0.05) is 30.3 Å². The number of fused-ring (bicyclic) bond motifs is 5. The highest BCUT2D eigenvalue weighted by Crippen LogP contribution is 2.48. The number of ether oxygens (including phenoxy) is 2. The molecule has 7 nitrogen and oxygen atoms in total. The van der Waals surface area contributed by atoms with Crippen LogP contribution in [0.1, 0.15) is 39.4 Å². The zero-order chi connectivity index (χ0) is 25.3. The van der Waals surface area contributed by atoms with E-state index in [9.17, 15) is 14.4 Å². The normalized spacial score (nSPS) is 17.6. The Balaban J connectivity index is 1.38. The SMILES string of the molecule is Cn1cc(/C=C2\Oc3c(ccc4c3[C@H](c3coc5ccccc5c3=O)CC(=O)O4)C2=O)c2ccccc21. The standard InChI is InChI=1S/C30H19NO6/c1-31-14-16(17-6-2-4-8-22(17)31)12-25-29(34)19-10-11-24-27(30(19)37-25)20(13-26(32)36-24)21-15-35-23-9-5-3-7-18(23)28(21)33/h2-12,14-15,20H,13H2,1H3/b25-12-/t20-/m0/s1. The van der Waals surface area contributed by atoms with E-state index in [1.807, 2.05) is 42.1 Å². The molecule has 5 aromatic rings. The molecule has 0 spiro atoms. The summed E-state index contributed by atoms with van der Waals surface area (Å²) in [6.07, 6.45) is 4.98. The number of esters is 1. The number of aromatic nitrogens is 1. The van der Waals surface area contributed by atoms with E-state index >= 15 is 0 Å². The second kappa shape index (κ2) is 7.80. The fraction of sp³-hybridized carbons (Fsp3) is 0.100. The Bertz CT molecular complexity index is 1890. The average molecular weight is 489 g/mol. The van der Waals surface area contributed by atoms with Crippen molar-refractivity contribution in [3.8, 4) is 11.5 Å². The fourth-order valence-electron chi connectivity index (χ4n) is 5.33. The van der Waals surface area contributed by atoms with E-state index in [0.29, 0.717) is 33.4 Å². The van der Waals surface area contributed by atoms with Gasteiger partial charge >= 0.3 is 5.97 Å². The summed E-state index contributed by atoms with van der Waals surface area (Å²) in [6, 6.07) is 18.0. The number of benzene rings is 3. The predicted molar refractivity (Wildman–Crippen MR) is 137 cm³/mol. The zero-order valence-corrected chi connectivity index (χ0v) is 19.7. The van der Waals surface area contributed by atoms with Crippen LogP contribution in [0.15, 0.2) is 88.1 Å². The lowest BCUT2D eigenvalue weighted by Crippen LogP contribution is -2.25. The van der Waals surface area contributed by atoms with Gasteiger partial charge < -0.3 is 18.5 Å². The number of para-hydroxylation sites is 2. The van der Waals surface area contributed by atoms with Crippen molar-refractivity contribution in [3.63, 3.8) is 0 Å². The molecule has 0 N–H and O–H groups in total. The molecule has 0 aliphatic carbocycles. The van der Waals surface area contributed by atoms with Gasteiger partial charge in [-0.15, -0.1) is 0 Å². The molecule has 2 aliphatic heterocycles. The monoisotopic (exact) mass is 489 g/mol. The first-order valence-electron chi connectivity index (χ1n) is 11.9. The predicted octanol–water partition coefficient (Wildman–Crippen LogP) is 5.34. The van der Waals surface area contributed by atoms with Gasteiger partial charge in [-0.05, 0) is 36.4 Å². The number of Topliss-reactive ketones (excluding diaryl/α,β-unsaturated/α-hetero) is 1. The topological polar surface area (TPSA) is 87.7 Å². The number of carbonyl (C=O) groups is 2. The minimum absolute atomic E-state index is 0.0769. The highest BCUT2D eigenvalue weighted by atomic mass is 16.5. The molecule has 2 aliphatic rings. The minimum atomic E-state index is -0.684.